The van der Waals surface area contributed by atoms with Crippen LogP contribution < -0.4 is 5.32 Å². The van der Waals surface area contributed by atoms with E-state index >= 15 is 0 Å². The van der Waals surface area contributed by atoms with E-state index in [-0.39, 0.29) is 5.82 Å². The number of nitrogens with zero attached hydrogens (tertiary/aromatic N) is 2. The van der Waals surface area contributed by atoms with Crippen molar-refractivity contribution in [3.63, 3.8) is 0 Å². The molecule has 0 radical (unpaired) electrons. The fourth-order valence-electron chi connectivity index (χ4n) is 1.92. The third-order valence-corrected chi connectivity index (χ3v) is 3.31. The van der Waals surface area contributed by atoms with Gasteiger partial charge in [0.1, 0.15) is 11.5 Å². The molecule has 0 unspecified atom stereocenters. The van der Waals surface area contributed by atoms with Crippen molar-refractivity contribution in [2.24, 2.45) is 0 Å². The smallest absolute Gasteiger partial charge is 0.147 e. The summed E-state index contributed by atoms with van der Waals surface area (Å²) in [6.07, 6.45) is 3.62. The van der Waals surface area contributed by atoms with Gasteiger partial charge in [-0.15, -0.1) is 0 Å². The van der Waals surface area contributed by atoms with E-state index in [1.807, 2.05) is 16.7 Å². The van der Waals surface area contributed by atoms with Crippen molar-refractivity contribution in [1.82, 2.24) is 9.38 Å². The van der Waals surface area contributed by atoms with Crippen LogP contribution in [0, 0.1) is 5.82 Å². The first-order chi connectivity index (χ1) is 9.61. The summed E-state index contributed by atoms with van der Waals surface area (Å²) in [5, 5.41) is 4.00. The van der Waals surface area contributed by atoms with E-state index in [1.165, 1.54) is 6.07 Å². The van der Waals surface area contributed by atoms with E-state index in [1.54, 1.807) is 24.4 Å². The Morgan fingerprint density at radius 1 is 1.10 bits per heavy atom. The molecule has 6 heteroatoms. The molecule has 0 fully saturated rings. The Kier molecular flexibility index (Phi) is 3.51. The first-order valence-corrected chi connectivity index (χ1v) is 6.69. The van der Waals surface area contributed by atoms with Crippen LogP contribution in [0.25, 0.3) is 5.65 Å². The molecule has 0 spiro atoms. The van der Waals surface area contributed by atoms with Crippen molar-refractivity contribution in [3.8, 4) is 0 Å². The predicted octanol–water partition coefficient (Wildman–Crippen LogP) is 4.39. The Bertz CT molecular complexity index is 770. The zero-order chi connectivity index (χ0) is 14.1. The number of aromatic nitrogens is 2. The Labute approximate surface area is 125 Å². The fourth-order valence-corrected chi connectivity index (χ4v) is 2.25. The summed E-state index contributed by atoms with van der Waals surface area (Å²) in [4.78, 5) is 4.41. The third-order valence-electron chi connectivity index (χ3n) is 2.86. The van der Waals surface area contributed by atoms with Crippen molar-refractivity contribution in [3.05, 3.63) is 64.3 Å². The van der Waals surface area contributed by atoms with Gasteiger partial charge in [0.15, 0.2) is 0 Å². The van der Waals surface area contributed by atoms with Gasteiger partial charge in [-0.3, -0.25) is 0 Å². The van der Waals surface area contributed by atoms with E-state index < -0.39 is 0 Å². The number of imidazole rings is 1. The van der Waals surface area contributed by atoms with Crippen LogP contribution in [0.1, 0.15) is 5.69 Å². The van der Waals surface area contributed by atoms with Crippen LogP contribution in [-0.4, -0.2) is 9.38 Å². The standard InChI is InChI=1S/C14H10Cl2FN3/c15-9-1-3-13(12(17)5-9)18-6-11-8-20-7-10(16)2-4-14(20)19-11/h1-5,7-8,18H,6H2. The number of hydrogen-bond donors (Lipinski definition) is 1. The van der Waals surface area contributed by atoms with Crippen molar-refractivity contribution in [2.75, 3.05) is 5.32 Å². The normalized spacial score (nSPS) is 10.9. The summed E-state index contributed by atoms with van der Waals surface area (Å²) >= 11 is 11.6. The van der Waals surface area contributed by atoms with Crippen LogP contribution in [0.2, 0.25) is 10.0 Å². The van der Waals surface area contributed by atoms with Gasteiger partial charge in [0, 0.05) is 17.4 Å². The highest BCUT2D eigenvalue weighted by atomic mass is 35.5. The Balaban J connectivity index is 1.79. The molecule has 0 atom stereocenters. The molecule has 3 rings (SSSR count). The van der Waals surface area contributed by atoms with E-state index in [4.69, 9.17) is 23.2 Å². The molecular weight excluding hydrogens is 300 g/mol. The van der Waals surface area contributed by atoms with Crippen LogP contribution in [0.3, 0.4) is 0 Å². The van der Waals surface area contributed by atoms with Gasteiger partial charge in [-0.1, -0.05) is 23.2 Å². The van der Waals surface area contributed by atoms with Crippen LogP contribution in [0.15, 0.2) is 42.7 Å². The maximum absolute atomic E-state index is 13.6. The first kappa shape index (κ1) is 13.2. The molecule has 2 aromatic heterocycles. The van der Waals surface area contributed by atoms with Crippen LogP contribution in [0.5, 0.6) is 0 Å². The zero-order valence-corrected chi connectivity index (χ0v) is 11.8. The lowest BCUT2D eigenvalue weighted by atomic mass is 10.3. The molecule has 0 aliphatic heterocycles. The molecule has 1 aromatic carbocycles. The number of halogens is 3. The number of benzene rings is 1. The number of hydrogen-bond acceptors (Lipinski definition) is 2. The van der Waals surface area contributed by atoms with Gasteiger partial charge >= 0.3 is 0 Å². The molecule has 0 saturated heterocycles. The van der Waals surface area contributed by atoms with Gasteiger partial charge in [-0.2, -0.15) is 0 Å². The molecule has 3 nitrogen and oxygen atoms in total. The highest BCUT2D eigenvalue weighted by Crippen LogP contribution is 2.19. The number of nitrogens with one attached hydrogen (secondary N) is 1. The minimum absolute atomic E-state index is 0.371. The first-order valence-electron chi connectivity index (χ1n) is 5.94. The predicted molar refractivity (Wildman–Crippen MR) is 78.9 cm³/mol. The van der Waals surface area contributed by atoms with Gasteiger partial charge < -0.3 is 9.72 Å². The zero-order valence-electron chi connectivity index (χ0n) is 10.3. The second kappa shape index (κ2) is 5.31. The lowest BCUT2D eigenvalue weighted by Gasteiger charge is -2.05. The minimum Gasteiger partial charge on any atom is -0.377 e. The van der Waals surface area contributed by atoms with Crippen LogP contribution >= 0.6 is 23.2 Å². The summed E-state index contributed by atoms with van der Waals surface area (Å²) in [6, 6.07) is 8.11. The maximum atomic E-state index is 13.6. The largest absolute Gasteiger partial charge is 0.377 e. The van der Waals surface area contributed by atoms with Crippen molar-refractivity contribution in [1.29, 1.82) is 0 Å². The van der Waals surface area contributed by atoms with E-state index in [0.717, 1.165) is 11.3 Å². The van der Waals surface area contributed by atoms with Crippen molar-refractivity contribution in [2.45, 2.75) is 6.54 Å². The number of fused-ring (bicyclic) bond motifs is 1. The van der Waals surface area contributed by atoms with E-state index in [2.05, 4.69) is 10.3 Å². The number of pyridine rings is 1. The monoisotopic (exact) mass is 309 g/mol. The van der Waals surface area contributed by atoms with Gasteiger partial charge in [0.2, 0.25) is 0 Å². The average Bonchev–Trinajstić information content (AvgIpc) is 2.79. The molecule has 20 heavy (non-hydrogen) atoms. The molecule has 2 heterocycles. The summed E-state index contributed by atoms with van der Waals surface area (Å²) < 4.78 is 15.5. The van der Waals surface area contributed by atoms with Crippen LogP contribution in [-0.2, 0) is 6.54 Å². The minimum atomic E-state index is -0.385. The van der Waals surface area contributed by atoms with E-state index in [9.17, 15) is 4.39 Å². The summed E-state index contributed by atoms with van der Waals surface area (Å²) in [6.45, 7) is 0.415. The molecule has 0 saturated carbocycles. The highest BCUT2D eigenvalue weighted by Gasteiger charge is 2.05. The number of rotatable bonds is 3. The Morgan fingerprint density at radius 2 is 1.90 bits per heavy atom. The average molecular weight is 310 g/mol. The van der Waals surface area contributed by atoms with Crippen LogP contribution in [0.4, 0.5) is 10.1 Å². The molecule has 1 N–H and O–H groups in total. The molecule has 0 aliphatic rings. The second-order valence-electron chi connectivity index (χ2n) is 4.32. The molecule has 102 valence electrons. The molecular formula is C14H10Cl2FN3. The van der Waals surface area contributed by atoms with Gasteiger partial charge in [0.25, 0.3) is 0 Å². The van der Waals surface area contributed by atoms with Gasteiger partial charge in [-0.05, 0) is 30.3 Å². The SMILES string of the molecule is Fc1cc(Cl)ccc1NCc1cn2cc(Cl)ccc2n1. The third kappa shape index (κ3) is 2.71. The Hall–Kier alpha value is -1.78. The molecule has 3 aromatic rings. The molecule has 0 bridgehead atoms. The Morgan fingerprint density at radius 3 is 2.70 bits per heavy atom. The summed E-state index contributed by atoms with van der Waals surface area (Å²) in [5.41, 5.74) is 1.98. The number of anilines is 1. The van der Waals surface area contributed by atoms with Gasteiger partial charge in [-0.25, -0.2) is 9.37 Å². The molecule has 0 aliphatic carbocycles. The summed E-state index contributed by atoms with van der Waals surface area (Å²) in [5.74, 6) is -0.385. The lowest BCUT2D eigenvalue weighted by molar-refractivity contribution is 0.630. The van der Waals surface area contributed by atoms with E-state index in [0.29, 0.717) is 22.3 Å². The van der Waals surface area contributed by atoms with Crippen molar-refractivity contribution < 1.29 is 4.39 Å². The second-order valence-corrected chi connectivity index (χ2v) is 5.20. The maximum Gasteiger partial charge on any atom is 0.147 e. The fraction of sp³-hybridized carbons (Fsp3) is 0.0714. The molecule has 0 amide bonds. The highest BCUT2D eigenvalue weighted by molar-refractivity contribution is 6.30. The lowest BCUT2D eigenvalue weighted by Crippen LogP contribution is -2.01. The van der Waals surface area contributed by atoms with Gasteiger partial charge in [0.05, 0.1) is 22.9 Å². The topological polar surface area (TPSA) is 29.3 Å². The quantitative estimate of drug-likeness (QED) is 0.777. The summed E-state index contributed by atoms with van der Waals surface area (Å²) in [7, 11) is 0. The van der Waals surface area contributed by atoms with Crippen molar-refractivity contribution >= 4 is 34.5 Å².